The number of rotatable bonds is 6. The van der Waals surface area contributed by atoms with Gasteiger partial charge in [-0.05, 0) is 46.2 Å². The van der Waals surface area contributed by atoms with Crippen molar-refractivity contribution in [2.75, 3.05) is 0 Å². The second-order valence-corrected chi connectivity index (χ2v) is 6.61. The van der Waals surface area contributed by atoms with Gasteiger partial charge in [-0.25, -0.2) is 5.43 Å². The van der Waals surface area contributed by atoms with Crippen LogP contribution in [0, 0.1) is 0 Å². The van der Waals surface area contributed by atoms with E-state index in [1.807, 2.05) is 91.0 Å². The number of hydrazone groups is 1. The highest BCUT2D eigenvalue weighted by molar-refractivity contribution is 5.98. The van der Waals surface area contributed by atoms with Crippen molar-refractivity contribution in [3.05, 3.63) is 114 Å². The smallest absolute Gasteiger partial charge is 0.271 e. The Morgan fingerprint density at radius 1 is 0.828 bits per heavy atom. The van der Waals surface area contributed by atoms with Gasteiger partial charge in [0.2, 0.25) is 0 Å². The van der Waals surface area contributed by atoms with Gasteiger partial charge in [0.25, 0.3) is 5.91 Å². The molecule has 0 heterocycles. The number of fused-ring (bicyclic) bond motifs is 1. The minimum atomic E-state index is -0.247. The minimum absolute atomic E-state index is 0.247. The van der Waals surface area contributed by atoms with Gasteiger partial charge < -0.3 is 4.74 Å². The molecule has 0 aliphatic heterocycles. The maximum absolute atomic E-state index is 12.4. The van der Waals surface area contributed by atoms with Gasteiger partial charge in [0.15, 0.2) is 0 Å². The average Bonchev–Trinajstić information content (AvgIpc) is 2.78. The maximum Gasteiger partial charge on any atom is 0.271 e. The van der Waals surface area contributed by atoms with E-state index in [1.54, 1.807) is 12.3 Å². The summed E-state index contributed by atoms with van der Waals surface area (Å²) in [5.41, 5.74) is 5.10. The van der Waals surface area contributed by atoms with Crippen LogP contribution in [0.2, 0.25) is 0 Å². The van der Waals surface area contributed by atoms with Gasteiger partial charge in [-0.15, -0.1) is 0 Å². The topological polar surface area (TPSA) is 50.7 Å². The molecule has 0 unspecified atom stereocenters. The van der Waals surface area contributed by atoms with Crippen molar-refractivity contribution >= 4 is 22.9 Å². The third-order valence-electron chi connectivity index (χ3n) is 4.50. The molecule has 0 aliphatic rings. The molecule has 0 aliphatic carbocycles. The second kappa shape index (κ2) is 8.85. The zero-order valence-electron chi connectivity index (χ0n) is 15.8. The summed E-state index contributed by atoms with van der Waals surface area (Å²) in [6.07, 6.45) is 1.61. The van der Waals surface area contributed by atoms with Crippen LogP contribution in [0.15, 0.2) is 102 Å². The molecule has 4 aromatic carbocycles. The summed E-state index contributed by atoms with van der Waals surface area (Å²) in [5, 5.41) is 6.20. The predicted octanol–water partition coefficient (Wildman–Crippen LogP) is 5.18. The third-order valence-corrected chi connectivity index (χ3v) is 4.50. The summed E-state index contributed by atoms with van der Waals surface area (Å²) in [6.45, 7) is 0.500. The van der Waals surface area contributed by atoms with Gasteiger partial charge in [-0.2, -0.15) is 5.10 Å². The molecule has 1 amide bonds. The van der Waals surface area contributed by atoms with Crippen LogP contribution in [-0.2, 0) is 6.61 Å². The van der Waals surface area contributed by atoms with Crippen LogP contribution in [-0.4, -0.2) is 12.1 Å². The van der Waals surface area contributed by atoms with E-state index in [9.17, 15) is 4.79 Å². The van der Waals surface area contributed by atoms with Gasteiger partial charge in [0.1, 0.15) is 12.4 Å². The maximum atomic E-state index is 12.4. The van der Waals surface area contributed by atoms with E-state index < -0.39 is 0 Å². The van der Waals surface area contributed by atoms with Gasteiger partial charge in [0.05, 0.1) is 6.21 Å². The van der Waals surface area contributed by atoms with E-state index in [2.05, 4.69) is 10.5 Å². The lowest BCUT2D eigenvalue weighted by Crippen LogP contribution is -2.17. The number of benzene rings is 4. The number of nitrogens with zero attached hydrogens (tertiary/aromatic N) is 1. The minimum Gasteiger partial charge on any atom is -0.489 e. The quantitative estimate of drug-likeness (QED) is 0.370. The first-order chi connectivity index (χ1) is 14.3. The van der Waals surface area contributed by atoms with Crippen LogP contribution < -0.4 is 10.2 Å². The van der Waals surface area contributed by atoms with Crippen molar-refractivity contribution in [1.82, 2.24) is 5.43 Å². The van der Waals surface area contributed by atoms with Gasteiger partial charge in [-0.1, -0.05) is 72.8 Å². The fourth-order valence-corrected chi connectivity index (χ4v) is 2.99. The molecule has 1 N–H and O–H groups in total. The standard InChI is InChI=1S/C25H20N2O2/c28-25(23-14-13-21-10-4-5-11-22(21)16-23)27-26-17-20-9-6-12-24(15-20)29-18-19-7-2-1-3-8-19/h1-17H,18H2,(H,27,28). The Bertz CT molecular complexity index is 1150. The van der Waals surface area contributed by atoms with Crippen molar-refractivity contribution in [3.8, 4) is 5.75 Å². The molecule has 0 saturated carbocycles. The molecule has 4 aromatic rings. The van der Waals surface area contributed by atoms with Crippen molar-refractivity contribution in [3.63, 3.8) is 0 Å². The van der Waals surface area contributed by atoms with E-state index in [-0.39, 0.29) is 5.91 Å². The van der Waals surface area contributed by atoms with Crippen LogP contribution in [0.3, 0.4) is 0 Å². The molecular formula is C25H20N2O2. The highest BCUT2D eigenvalue weighted by atomic mass is 16.5. The molecular weight excluding hydrogens is 360 g/mol. The second-order valence-electron chi connectivity index (χ2n) is 6.61. The van der Waals surface area contributed by atoms with E-state index in [0.717, 1.165) is 27.6 Å². The molecule has 29 heavy (non-hydrogen) atoms. The first kappa shape index (κ1) is 18.4. The number of hydrogen-bond acceptors (Lipinski definition) is 3. The van der Waals surface area contributed by atoms with Crippen LogP contribution in [0.4, 0.5) is 0 Å². The highest BCUT2D eigenvalue weighted by Gasteiger charge is 2.05. The summed E-state index contributed by atoms with van der Waals surface area (Å²) in [7, 11) is 0. The number of carbonyl (C=O) groups is 1. The summed E-state index contributed by atoms with van der Waals surface area (Å²) >= 11 is 0. The molecule has 0 atom stereocenters. The summed E-state index contributed by atoms with van der Waals surface area (Å²) in [4.78, 5) is 12.4. The molecule has 0 aromatic heterocycles. The molecule has 4 nitrogen and oxygen atoms in total. The lowest BCUT2D eigenvalue weighted by atomic mass is 10.1. The van der Waals surface area contributed by atoms with Gasteiger partial charge in [-0.3, -0.25) is 4.79 Å². The van der Waals surface area contributed by atoms with Crippen LogP contribution in [0.25, 0.3) is 10.8 Å². The zero-order chi connectivity index (χ0) is 19.9. The van der Waals surface area contributed by atoms with Gasteiger partial charge in [0, 0.05) is 5.56 Å². The number of nitrogens with one attached hydrogen (secondary N) is 1. The van der Waals surface area contributed by atoms with E-state index >= 15 is 0 Å². The lowest BCUT2D eigenvalue weighted by molar-refractivity contribution is 0.0955. The molecule has 0 radical (unpaired) electrons. The Hall–Kier alpha value is -3.92. The van der Waals surface area contributed by atoms with Gasteiger partial charge >= 0.3 is 0 Å². The highest BCUT2D eigenvalue weighted by Crippen LogP contribution is 2.16. The number of carbonyl (C=O) groups excluding carboxylic acids is 1. The first-order valence-electron chi connectivity index (χ1n) is 9.37. The van der Waals surface area contributed by atoms with E-state index in [1.165, 1.54) is 0 Å². The fraction of sp³-hybridized carbons (Fsp3) is 0.0400. The molecule has 142 valence electrons. The fourth-order valence-electron chi connectivity index (χ4n) is 2.99. The molecule has 0 saturated heterocycles. The number of hydrogen-bond donors (Lipinski definition) is 1. The predicted molar refractivity (Wildman–Crippen MR) is 116 cm³/mol. The average molecular weight is 380 g/mol. The van der Waals surface area contributed by atoms with Crippen molar-refractivity contribution in [2.45, 2.75) is 6.61 Å². The Labute approximate surface area is 169 Å². The van der Waals surface area contributed by atoms with Crippen molar-refractivity contribution in [2.24, 2.45) is 5.10 Å². The lowest BCUT2D eigenvalue weighted by Gasteiger charge is -2.07. The number of ether oxygens (including phenoxy) is 1. The Kier molecular flexibility index (Phi) is 5.63. The SMILES string of the molecule is O=C(NN=Cc1cccc(OCc2ccccc2)c1)c1ccc2ccccc2c1. The van der Waals surface area contributed by atoms with Crippen LogP contribution in [0.1, 0.15) is 21.5 Å². The number of amides is 1. The molecule has 0 fully saturated rings. The molecule has 0 spiro atoms. The molecule has 0 bridgehead atoms. The van der Waals surface area contributed by atoms with Crippen LogP contribution >= 0.6 is 0 Å². The molecule has 4 heteroatoms. The Balaban J connectivity index is 1.37. The Morgan fingerprint density at radius 2 is 1.62 bits per heavy atom. The third kappa shape index (κ3) is 4.87. The summed E-state index contributed by atoms with van der Waals surface area (Å²) in [6, 6.07) is 31.1. The van der Waals surface area contributed by atoms with Crippen molar-refractivity contribution < 1.29 is 9.53 Å². The van der Waals surface area contributed by atoms with E-state index in [0.29, 0.717) is 12.2 Å². The largest absolute Gasteiger partial charge is 0.489 e. The summed E-state index contributed by atoms with van der Waals surface area (Å²) in [5.74, 6) is 0.502. The van der Waals surface area contributed by atoms with Crippen LogP contribution in [0.5, 0.6) is 5.75 Å². The Morgan fingerprint density at radius 3 is 2.48 bits per heavy atom. The van der Waals surface area contributed by atoms with E-state index in [4.69, 9.17) is 4.74 Å². The first-order valence-corrected chi connectivity index (χ1v) is 9.37. The zero-order valence-corrected chi connectivity index (χ0v) is 15.8. The normalized spacial score (nSPS) is 10.9. The summed E-state index contributed by atoms with van der Waals surface area (Å²) < 4.78 is 5.82. The van der Waals surface area contributed by atoms with Crippen molar-refractivity contribution in [1.29, 1.82) is 0 Å². The molecule has 4 rings (SSSR count). The monoisotopic (exact) mass is 380 g/mol.